The summed E-state index contributed by atoms with van der Waals surface area (Å²) in [4.78, 5) is 12.0. The summed E-state index contributed by atoms with van der Waals surface area (Å²) in [5, 5.41) is 3.58. The minimum atomic E-state index is -0.443. The molecule has 2 rings (SSSR count). The molecular formula is C20H32N2O3. The van der Waals surface area contributed by atoms with Gasteiger partial charge in [-0.2, -0.15) is 0 Å². The van der Waals surface area contributed by atoms with Gasteiger partial charge in [0.2, 0.25) is 0 Å². The second kappa shape index (κ2) is 7.54. The number of hydrogen-bond acceptors (Lipinski definition) is 5. The van der Waals surface area contributed by atoms with Crippen LogP contribution in [0.15, 0.2) is 12.1 Å². The van der Waals surface area contributed by atoms with Crippen molar-refractivity contribution in [1.29, 1.82) is 0 Å². The number of hydrogen-bond donors (Lipinski definition) is 2. The Balaban J connectivity index is 2.30. The average molecular weight is 348 g/mol. The number of anilines is 2. The summed E-state index contributed by atoms with van der Waals surface area (Å²) in [6.07, 6.45) is 3.40. The molecule has 0 spiro atoms. The van der Waals surface area contributed by atoms with Crippen LogP contribution < -0.4 is 15.8 Å². The zero-order valence-corrected chi connectivity index (χ0v) is 16.3. The summed E-state index contributed by atoms with van der Waals surface area (Å²) in [7, 11) is 1.36. The number of benzene rings is 1. The van der Waals surface area contributed by atoms with Gasteiger partial charge in [0.05, 0.1) is 24.6 Å². The maximum Gasteiger partial charge on any atom is 0.341 e. The Morgan fingerprint density at radius 3 is 2.56 bits per heavy atom. The molecule has 5 heteroatoms. The lowest BCUT2D eigenvalue weighted by atomic mass is 9.70. The molecule has 0 amide bonds. The first-order valence-corrected chi connectivity index (χ1v) is 9.06. The van der Waals surface area contributed by atoms with E-state index in [1.54, 1.807) is 6.07 Å². The SMILES string of the molecule is COC(=O)c1cc(N)c(N[C@H]2C[C@@H](C)CC(C)(C)C2)cc1OC(C)C. The molecule has 1 aromatic carbocycles. The normalized spacial score (nSPS) is 22.5. The number of carbonyl (C=O) groups is 1. The van der Waals surface area contributed by atoms with Gasteiger partial charge in [-0.1, -0.05) is 20.8 Å². The highest BCUT2D eigenvalue weighted by atomic mass is 16.5. The third-order valence-corrected chi connectivity index (χ3v) is 4.67. The first-order valence-electron chi connectivity index (χ1n) is 9.06. The molecule has 1 aliphatic rings. The second-order valence-corrected chi connectivity index (χ2v) is 8.35. The van der Waals surface area contributed by atoms with Gasteiger partial charge in [-0.05, 0) is 50.5 Å². The van der Waals surface area contributed by atoms with Crippen LogP contribution in [0.2, 0.25) is 0 Å². The highest BCUT2D eigenvalue weighted by Crippen LogP contribution is 2.40. The summed E-state index contributed by atoms with van der Waals surface area (Å²) in [5.41, 5.74) is 8.23. The maximum atomic E-state index is 12.0. The summed E-state index contributed by atoms with van der Waals surface area (Å²) >= 11 is 0. The van der Waals surface area contributed by atoms with E-state index >= 15 is 0 Å². The molecule has 1 saturated carbocycles. The second-order valence-electron chi connectivity index (χ2n) is 8.35. The zero-order valence-electron chi connectivity index (χ0n) is 16.3. The molecule has 3 N–H and O–H groups in total. The molecule has 25 heavy (non-hydrogen) atoms. The van der Waals surface area contributed by atoms with Gasteiger partial charge in [0.15, 0.2) is 0 Å². The Kier molecular flexibility index (Phi) is 5.86. The van der Waals surface area contributed by atoms with Crippen molar-refractivity contribution in [2.24, 2.45) is 11.3 Å². The number of nitrogens with two attached hydrogens (primary N) is 1. The summed E-state index contributed by atoms with van der Waals surface area (Å²) in [6.45, 7) is 10.8. The fraction of sp³-hybridized carbons (Fsp3) is 0.650. The van der Waals surface area contributed by atoms with Gasteiger partial charge in [-0.3, -0.25) is 0 Å². The smallest absolute Gasteiger partial charge is 0.341 e. The molecule has 0 bridgehead atoms. The van der Waals surface area contributed by atoms with Crippen molar-refractivity contribution >= 4 is 17.3 Å². The van der Waals surface area contributed by atoms with E-state index in [4.69, 9.17) is 15.2 Å². The predicted octanol–water partition coefficient (Wildman–Crippen LogP) is 4.47. The molecular weight excluding hydrogens is 316 g/mol. The lowest BCUT2D eigenvalue weighted by Crippen LogP contribution is -2.35. The van der Waals surface area contributed by atoms with Crippen molar-refractivity contribution in [3.8, 4) is 5.75 Å². The van der Waals surface area contributed by atoms with E-state index in [0.717, 1.165) is 18.5 Å². The first kappa shape index (κ1) is 19.4. The molecule has 0 unspecified atom stereocenters. The molecule has 1 aromatic rings. The van der Waals surface area contributed by atoms with Crippen molar-refractivity contribution in [2.45, 2.75) is 66.0 Å². The van der Waals surface area contributed by atoms with E-state index in [1.165, 1.54) is 13.5 Å². The van der Waals surface area contributed by atoms with E-state index in [2.05, 4.69) is 26.1 Å². The molecule has 1 fully saturated rings. The molecule has 0 radical (unpaired) electrons. The lowest BCUT2D eigenvalue weighted by Gasteiger charge is -2.39. The Morgan fingerprint density at radius 2 is 2.00 bits per heavy atom. The van der Waals surface area contributed by atoms with Crippen molar-refractivity contribution in [1.82, 2.24) is 0 Å². The fourth-order valence-corrected chi connectivity index (χ4v) is 4.02. The minimum absolute atomic E-state index is 0.0477. The van der Waals surface area contributed by atoms with E-state index in [1.807, 2.05) is 19.9 Å². The van der Waals surface area contributed by atoms with Gasteiger partial charge in [-0.15, -0.1) is 0 Å². The van der Waals surface area contributed by atoms with E-state index in [-0.39, 0.29) is 6.10 Å². The molecule has 1 aliphatic carbocycles. The van der Waals surface area contributed by atoms with Gasteiger partial charge in [0.25, 0.3) is 0 Å². The van der Waals surface area contributed by atoms with Crippen LogP contribution in [0.25, 0.3) is 0 Å². The molecule has 0 heterocycles. The summed E-state index contributed by atoms with van der Waals surface area (Å²) in [5.74, 6) is 0.728. The number of rotatable bonds is 5. The number of methoxy groups -OCH3 is 1. The predicted molar refractivity (Wildman–Crippen MR) is 102 cm³/mol. The van der Waals surface area contributed by atoms with Gasteiger partial charge >= 0.3 is 5.97 Å². The van der Waals surface area contributed by atoms with Gasteiger partial charge < -0.3 is 20.5 Å². The topological polar surface area (TPSA) is 73.6 Å². The Labute approximate surface area is 151 Å². The number of esters is 1. The quantitative estimate of drug-likeness (QED) is 0.607. The van der Waals surface area contributed by atoms with Crippen molar-refractivity contribution in [3.05, 3.63) is 17.7 Å². The van der Waals surface area contributed by atoms with Crippen LogP contribution in [0.4, 0.5) is 11.4 Å². The number of ether oxygens (including phenoxy) is 2. The van der Waals surface area contributed by atoms with Crippen molar-refractivity contribution in [3.63, 3.8) is 0 Å². The van der Waals surface area contributed by atoms with Crippen LogP contribution in [0.3, 0.4) is 0 Å². The molecule has 0 aliphatic heterocycles. The minimum Gasteiger partial charge on any atom is -0.490 e. The first-order chi connectivity index (χ1) is 11.6. The van der Waals surface area contributed by atoms with E-state index in [0.29, 0.717) is 34.4 Å². The molecule has 2 atom stereocenters. The third kappa shape index (κ3) is 5.03. The van der Waals surface area contributed by atoms with Crippen LogP contribution in [0.5, 0.6) is 5.75 Å². The zero-order chi connectivity index (χ0) is 18.8. The van der Waals surface area contributed by atoms with Gasteiger partial charge in [0.1, 0.15) is 11.3 Å². The Hall–Kier alpha value is -1.91. The average Bonchev–Trinajstić information content (AvgIpc) is 2.46. The maximum absolute atomic E-state index is 12.0. The molecule has 0 aromatic heterocycles. The van der Waals surface area contributed by atoms with Crippen LogP contribution in [-0.4, -0.2) is 25.2 Å². The number of carbonyl (C=O) groups excluding carboxylic acids is 1. The monoisotopic (exact) mass is 348 g/mol. The number of nitrogens with one attached hydrogen (secondary N) is 1. The summed E-state index contributed by atoms with van der Waals surface area (Å²) < 4.78 is 10.7. The van der Waals surface area contributed by atoms with E-state index < -0.39 is 5.97 Å². The van der Waals surface area contributed by atoms with Crippen LogP contribution >= 0.6 is 0 Å². The highest BCUT2D eigenvalue weighted by molar-refractivity contribution is 5.95. The van der Waals surface area contributed by atoms with Crippen LogP contribution in [-0.2, 0) is 4.74 Å². The third-order valence-electron chi connectivity index (χ3n) is 4.67. The lowest BCUT2D eigenvalue weighted by molar-refractivity contribution is 0.0594. The van der Waals surface area contributed by atoms with E-state index in [9.17, 15) is 4.79 Å². The molecule has 5 nitrogen and oxygen atoms in total. The molecule has 0 saturated heterocycles. The molecule has 140 valence electrons. The van der Waals surface area contributed by atoms with Crippen LogP contribution in [0, 0.1) is 11.3 Å². The van der Waals surface area contributed by atoms with Gasteiger partial charge in [-0.25, -0.2) is 4.79 Å². The van der Waals surface area contributed by atoms with Crippen molar-refractivity contribution < 1.29 is 14.3 Å². The van der Waals surface area contributed by atoms with Crippen LogP contribution in [0.1, 0.15) is 64.2 Å². The standard InChI is InChI=1S/C20H32N2O3/c1-12(2)25-18-9-17(16(21)8-15(18)19(23)24-6)22-14-7-13(3)10-20(4,5)11-14/h8-9,12-14,22H,7,10-11,21H2,1-6H3/t13-,14+/m1/s1. The summed E-state index contributed by atoms with van der Waals surface area (Å²) in [6, 6.07) is 3.83. The highest BCUT2D eigenvalue weighted by Gasteiger charge is 2.32. The Morgan fingerprint density at radius 1 is 1.32 bits per heavy atom. The number of nitrogen functional groups attached to an aromatic ring is 1. The largest absolute Gasteiger partial charge is 0.490 e. The fourth-order valence-electron chi connectivity index (χ4n) is 4.02. The van der Waals surface area contributed by atoms with Gasteiger partial charge in [0, 0.05) is 12.1 Å². The Bertz CT molecular complexity index is 626. The van der Waals surface area contributed by atoms with Crippen molar-refractivity contribution in [2.75, 3.05) is 18.2 Å².